The molecule has 1 aromatic heterocycles. The quantitative estimate of drug-likeness (QED) is 0.737. The molecule has 0 bridgehead atoms. The van der Waals surface area contributed by atoms with Gasteiger partial charge in [-0.05, 0) is 44.0 Å². The summed E-state index contributed by atoms with van der Waals surface area (Å²) in [5.41, 5.74) is 0.635. The number of carboxylic acids is 1. The largest absolute Gasteiger partial charge is 0.485 e. The van der Waals surface area contributed by atoms with E-state index in [1.54, 1.807) is 7.05 Å². The number of benzene rings is 1. The first-order valence-corrected chi connectivity index (χ1v) is 7.79. The second kappa shape index (κ2) is 6.28. The van der Waals surface area contributed by atoms with Crippen molar-refractivity contribution in [1.82, 2.24) is 9.78 Å². The van der Waals surface area contributed by atoms with E-state index in [0.29, 0.717) is 11.4 Å². The average Bonchev–Trinajstić information content (AvgIpc) is 2.69. The van der Waals surface area contributed by atoms with E-state index >= 15 is 0 Å². The zero-order valence-electron chi connectivity index (χ0n) is 10.2. The van der Waals surface area contributed by atoms with Crippen molar-refractivity contribution >= 4 is 53.8 Å². The Morgan fingerprint density at radius 2 is 1.95 bits per heavy atom. The van der Waals surface area contributed by atoms with Gasteiger partial charge in [0.2, 0.25) is 0 Å². The smallest absolute Gasteiger partial charge is 0.339 e. The molecule has 8 heteroatoms. The SMILES string of the molecule is Cn1ncc(C(=O)O)c1COc1c(Br)cc(Br)cc1Br. The first-order valence-electron chi connectivity index (χ1n) is 5.41. The van der Waals surface area contributed by atoms with E-state index in [0.717, 1.165) is 13.4 Å². The normalized spacial score (nSPS) is 10.6. The van der Waals surface area contributed by atoms with Crippen molar-refractivity contribution < 1.29 is 14.6 Å². The van der Waals surface area contributed by atoms with Crippen molar-refractivity contribution in [3.63, 3.8) is 0 Å². The van der Waals surface area contributed by atoms with E-state index in [2.05, 4.69) is 52.9 Å². The number of carboxylic acid groups (broad SMARTS) is 1. The number of nitrogens with zero attached hydrogens (tertiary/aromatic N) is 2. The summed E-state index contributed by atoms with van der Waals surface area (Å²) < 4.78 is 9.61. The third kappa shape index (κ3) is 3.24. The number of rotatable bonds is 4. The van der Waals surface area contributed by atoms with Gasteiger partial charge in [0.05, 0.1) is 20.8 Å². The minimum atomic E-state index is -1.02. The molecule has 1 N–H and O–H groups in total. The van der Waals surface area contributed by atoms with Crippen molar-refractivity contribution in [2.45, 2.75) is 6.61 Å². The van der Waals surface area contributed by atoms with E-state index < -0.39 is 5.97 Å². The molecule has 1 aromatic carbocycles. The standard InChI is InChI=1S/C12H9Br3N2O3/c1-17-10(7(4-16-17)12(18)19)5-20-11-8(14)2-6(13)3-9(11)15/h2-4H,5H2,1H3,(H,18,19). The minimum absolute atomic E-state index is 0.108. The monoisotopic (exact) mass is 466 g/mol. The third-order valence-electron chi connectivity index (χ3n) is 2.61. The van der Waals surface area contributed by atoms with Crippen LogP contribution in [0.5, 0.6) is 5.75 Å². The predicted molar refractivity (Wildman–Crippen MR) is 84.0 cm³/mol. The molecule has 0 unspecified atom stereocenters. The highest BCUT2D eigenvalue weighted by Gasteiger charge is 2.17. The van der Waals surface area contributed by atoms with Gasteiger partial charge in [-0.2, -0.15) is 5.10 Å². The Kier molecular flexibility index (Phi) is 4.87. The molecule has 0 amide bonds. The van der Waals surface area contributed by atoms with Gasteiger partial charge in [-0.25, -0.2) is 4.79 Å². The van der Waals surface area contributed by atoms with E-state index in [4.69, 9.17) is 9.84 Å². The van der Waals surface area contributed by atoms with Crippen LogP contribution in [0.25, 0.3) is 0 Å². The van der Waals surface area contributed by atoms with Crippen molar-refractivity contribution in [3.05, 3.63) is 43.0 Å². The van der Waals surface area contributed by atoms with Gasteiger partial charge in [0.25, 0.3) is 0 Å². The highest BCUT2D eigenvalue weighted by atomic mass is 79.9. The van der Waals surface area contributed by atoms with Gasteiger partial charge in [-0.15, -0.1) is 0 Å². The summed E-state index contributed by atoms with van der Waals surface area (Å²) in [5.74, 6) is -0.420. The van der Waals surface area contributed by atoms with Gasteiger partial charge < -0.3 is 9.84 Å². The maximum absolute atomic E-state index is 11.1. The number of hydrogen-bond acceptors (Lipinski definition) is 3. The van der Waals surface area contributed by atoms with Crippen molar-refractivity contribution in [2.75, 3.05) is 0 Å². The van der Waals surface area contributed by atoms with Gasteiger partial charge in [0, 0.05) is 11.5 Å². The molecule has 0 radical (unpaired) electrons. The number of aromatic carboxylic acids is 1. The molecule has 0 saturated heterocycles. The molecule has 2 rings (SSSR count). The summed E-state index contributed by atoms with van der Waals surface area (Å²) in [6.07, 6.45) is 1.31. The topological polar surface area (TPSA) is 64.4 Å². The van der Waals surface area contributed by atoms with Gasteiger partial charge in [0.1, 0.15) is 17.9 Å². The zero-order chi connectivity index (χ0) is 14.9. The first kappa shape index (κ1) is 15.5. The minimum Gasteiger partial charge on any atom is -0.485 e. The molecule has 0 aliphatic rings. The lowest BCUT2D eigenvalue weighted by Crippen LogP contribution is -2.08. The molecule has 20 heavy (non-hydrogen) atoms. The van der Waals surface area contributed by atoms with E-state index in [9.17, 15) is 4.79 Å². The van der Waals surface area contributed by atoms with Crippen LogP contribution in [0, 0.1) is 0 Å². The summed E-state index contributed by atoms with van der Waals surface area (Å²) in [4.78, 5) is 11.1. The third-order valence-corrected chi connectivity index (χ3v) is 4.24. The number of hydrogen-bond donors (Lipinski definition) is 1. The Labute approximate surface area is 140 Å². The molecule has 0 saturated carbocycles. The molecule has 106 valence electrons. The summed E-state index contributed by atoms with van der Waals surface area (Å²) in [5, 5.41) is 13.0. The summed E-state index contributed by atoms with van der Waals surface area (Å²) in [6, 6.07) is 3.70. The van der Waals surface area contributed by atoms with Crippen LogP contribution in [0.1, 0.15) is 16.1 Å². The van der Waals surface area contributed by atoms with Crippen molar-refractivity contribution in [3.8, 4) is 5.75 Å². The van der Waals surface area contributed by atoms with E-state index in [1.807, 2.05) is 12.1 Å². The van der Waals surface area contributed by atoms with Crippen molar-refractivity contribution in [1.29, 1.82) is 0 Å². The molecular weight excluding hydrogens is 460 g/mol. The lowest BCUT2D eigenvalue weighted by molar-refractivity contribution is 0.0693. The van der Waals surface area contributed by atoms with Crippen LogP contribution >= 0.6 is 47.8 Å². The van der Waals surface area contributed by atoms with Crippen LogP contribution in [0.3, 0.4) is 0 Å². The highest BCUT2D eigenvalue weighted by molar-refractivity contribution is 9.11. The highest BCUT2D eigenvalue weighted by Crippen LogP contribution is 2.36. The summed E-state index contributed by atoms with van der Waals surface area (Å²) in [6.45, 7) is 0.108. The zero-order valence-corrected chi connectivity index (χ0v) is 15.0. The lowest BCUT2D eigenvalue weighted by atomic mass is 10.2. The fourth-order valence-electron chi connectivity index (χ4n) is 1.62. The van der Waals surface area contributed by atoms with Gasteiger partial charge in [-0.1, -0.05) is 15.9 Å². The Balaban J connectivity index is 2.26. The second-order valence-corrected chi connectivity index (χ2v) is 6.55. The molecule has 0 aliphatic carbocycles. The average molecular weight is 469 g/mol. The van der Waals surface area contributed by atoms with Crippen LogP contribution in [0.2, 0.25) is 0 Å². The lowest BCUT2D eigenvalue weighted by Gasteiger charge is -2.11. The van der Waals surface area contributed by atoms with Crippen LogP contribution in [0.15, 0.2) is 31.7 Å². The Hall–Kier alpha value is -0.860. The van der Waals surface area contributed by atoms with Gasteiger partial charge in [0.15, 0.2) is 0 Å². The Morgan fingerprint density at radius 3 is 2.50 bits per heavy atom. The summed E-state index contributed by atoms with van der Waals surface area (Å²) >= 11 is 10.2. The molecule has 0 atom stereocenters. The molecule has 2 aromatic rings. The molecule has 5 nitrogen and oxygen atoms in total. The second-order valence-electron chi connectivity index (χ2n) is 3.92. The number of aromatic nitrogens is 2. The number of ether oxygens (including phenoxy) is 1. The van der Waals surface area contributed by atoms with Crippen LogP contribution in [0.4, 0.5) is 0 Å². The van der Waals surface area contributed by atoms with Gasteiger partial charge in [-0.3, -0.25) is 4.68 Å². The van der Waals surface area contributed by atoms with E-state index in [-0.39, 0.29) is 12.2 Å². The van der Waals surface area contributed by atoms with Crippen LogP contribution < -0.4 is 4.74 Å². The number of carbonyl (C=O) groups is 1. The fourth-order valence-corrected chi connectivity index (χ4v) is 4.11. The van der Waals surface area contributed by atoms with E-state index in [1.165, 1.54) is 10.9 Å². The molecule has 0 fully saturated rings. The Bertz CT molecular complexity index is 647. The predicted octanol–water partition coefficient (Wildman–Crippen LogP) is 3.98. The van der Waals surface area contributed by atoms with Crippen molar-refractivity contribution in [2.24, 2.45) is 7.05 Å². The van der Waals surface area contributed by atoms with Crippen LogP contribution in [-0.4, -0.2) is 20.9 Å². The molecular formula is C12H9Br3N2O3. The van der Waals surface area contributed by atoms with Crippen LogP contribution in [-0.2, 0) is 13.7 Å². The molecule has 1 heterocycles. The number of halogens is 3. The Morgan fingerprint density at radius 1 is 1.35 bits per heavy atom. The number of aryl methyl sites for hydroxylation is 1. The van der Waals surface area contributed by atoms with Gasteiger partial charge >= 0.3 is 5.97 Å². The molecule has 0 aliphatic heterocycles. The fraction of sp³-hybridized carbons (Fsp3) is 0.167. The maximum atomic E-state index is 11.1. The molecule has 0 spiro atoms. The summed E-state index contributed by atoms with van der Waals surface area (Å²) in [7, 11) is 1.68. The maximum Gasteiger partial charge on any atom is 0.339 e. The first-order chi connectivity index (χ1) is 9.40.